The molecule has 1 aromatic rings. The third kappa shape index (κ3) is 4.52. The maximum Gasteiger partial charge on any atom is 0.416 e. The second kappa shape index (κ2) is 7.06. The first-order valence-corrected chi connectivity index (χ1v) is 8.44. The highest BCUT2D eigenvalue weighted by Gasteiger charge is 2.40. The number of esters is 1. The van der Waals surface area contributed by atoms with Crippen LogP contribution in [0.25, 0.3) is 0 Å². The monoisotopic (exact) mass is 355 g/mol. The predicted molar refractivity (Wildman–Crippen MR) is 84.6 cm³/mol. The van der Waals surface area contributed by atoms with Gasteiger partial charge in [0.05, 0.1) is 5.56 Å². The summed E-state index contributed by atoms with van der Waals surface area (Å²) in [6, 6.07) is 4.10. The minimum absolute atomic E-state index is 0.224. The Bertz CT molecular complexity index is 642. The van der Waals surface area contributed by atoms with Crippen molar-refractivity contribution in [3.05, 3.63) is 29.8 Å². The molecule has 7 heteroatoms. The number of ether oxygens (including phenoxy) is 1. The number of benzene rings is 1. The standard InChI is InChI=1S/C18H20F3NO3/c19-18(20,21)14-3-5-15(6-4-14)22-16(23)10-25-17(24)9-13-8-11-1-2-12(13)7-11/h3-6,11-13H,1-2,7-10H2,(H,22,23)/t11-,12-,13-/m0/s1. The molecule has 2 aliphatic carbocycles. The SMILES string of the molecule is O=C(COC(=O)C[C@@H]1C[C@H]2CC[C@H]1C2)Nc1ccc(C(F)(F)F)cc1. The number of carbonyl (C=O) groups excluding carboxylic acids is 2. The van der Waals surface area contributed by atoms with Crippen molar-refractivity contribution in [1.82, 2.24) is 0 Å². The summed E-state index contributed by atoms with van der Waals surface area (Å²) in [5.41, 5.74) is -0.565. The maximum atomic E-state index is 12.5. The van der Waals surface area contributed by atoms with Crippen LogP contribution in [0.1, 0.15) is 37.7 Å². The molecule has 25 heavy (non-hydrogen) atoms. The smallest absolute Gasteiger partial charge is 0.416 e. The lowest BCUT2D eigenvalue weighted by Gasteiger charge is -2.20. The van der Waals surface area contributed by atoms with E-state index in [1.165, 1.54) is 19.3 Å². The Morgan fingerprint density at radius 3 is 2.40 bits per heavy atom. The molecule has 0 spiro atoms. The molecule has 0 radical (unpaired) electrons. The second-order valence-corrected chi connectivity index (χ2v) is 6.92. The molecule has 1 aromatic carbocycles. The number of anilines is 1. The molecular weight excluding hydrogens is 335 g/mol. The Hall–Kier alpha value is -2.05. The number of fused-ring (bicyclic) bond motifs is 2. The summed E-state index contributed by atoms with van der Waals surface area (Å²) < 4.78 is 42.4. The zero-order valence-electron chi connectivity index (χ0n) is 13.6. The van der Waals surface area contributed by atoms with Crippen LogP contribution in [0, 0.1) is 17.8 Å². The van der Waals surface area contributed by atoms with Gasteiger partial charge in [0.2, 0.25) is 0 Å². The van der Waals surface area contributed by atoms with Gasteiger partial charge >= 0.3 is 12.1 Å². The largest absolute Gasteiger partial charge is 0.456 e. The van der Waals surface area contributed by atoms with E-state index in [9.17, 15) is 22.8 Å². The van der Waals surface area contributed by atoms with Gasteiger partial charge in [-0.25, -0.2) is 0 Å². The Kier molecular flexibility index (Phi) is 5.01. The van der Waals surface area contributed by atoms with Crippen molar-refractivity contribution in [2.75, 3.05) is 11.9 Å². The molecule has 0 aromatic heterocycles. The van der Waals surface area contributed by atoms with Gasteiger partial charge in [-0.1, -0.05) is 6.42 Å². The van der Waals surface area contributed by atoms with E-state index in [0.29, 0.717) is 18.3 Å². The molecule has 1 N–H and O–H groups in total. The zero-order chi connectivity index (χ0) is 18.0. The van der Waals surface area contributed by atoms with E-state index in [4.69, 9.17) is 4.74 Å². The first kappa shape index (κ1) is 17.8. The lowest BCUT2D eigenvalue weighted by Crippen LogP contribution is -2.23. The van der Waals surface area contributed by atoms with Gasteiger partial charge in [-0.05, 0) is 61.3 Å². The van der Waals surface area contributed by atoms with Crippen LogP contribution < -0.4 is 5.32 Å². The van der Waals surface area contributed by atoms with E-state index in [0.717, 1.165) is 36.6 Å². The van der Waals surface area contributed by atoms with Crippen molar-refractivity contribution in [3.8, 4) is 0 Å². The van der Waals surface area contributed by atoms with Crippen LogP contribution in [0.15, 0.2) is 24.3 Å². The number of carbonyl (C=O) groups is 2. The van der Waals surface area contributed by atoms with Gasteiger partial charge in [-0.3, -0.25) is 9.59 Å². The quantitative estimate of drug-likeness (QED) is 0.812. The maximum absolute atomic E-state index is 12.5. The van der Waals surface area contributed by atoms with E-state index >= 15 is 0 Å². The average molecular weight is 355 g/mol. The molecule has 3 rings (SSSR count). The molecule has 4 nitrogen and oxygen atoms in total. The molecule has 0 saturated heterocycles. The summed E-state index contributed by atoms with van der Waals surface area (Å²) in [5, 5.41) is 2.41. The van der Waals surface area contributed by atoms with Gasteiger partial charge in [0.25, 0.3) is 5.91 Å². The summed E-state index contributed by atoms with van der Waals surface area (Å²) in [7, 11) is 0. The number of hydrogen-bond acceptors (Lipinski definition) is 3. The number of halogens is 3. The van der Waals surface area contributed by atoms with Crippen LogP contribution in [0.2, 0.25) is 0 Å². The van der Waals surface area contributed by atoms with E-state index in [-0.39, 0.29) is 11.7 Å². The Labute approximate surface area is 143 Å². The molecule has 0 heterocycles. The predicted octanol–water partition coefficient (Wildman–Crippen LogP) is 4.01. The fourth-order valence-electron chi connectivity index (χ4n) is 3.99. The molecule has 2 aliphatic rings. The summed E-state index contributed by atoms with van der Waals surface area (Å²) in [5.74, 6) is 0.759. The summed E-state index contributed by atoms with van der Waals surface area (Å²) in [4.78, 5) is 23.6. The molecule has 1 amide bonds. The molecular formula is C18H20F3NO3. The van der Waals surface area contributed by atoms with Crippen LogP contribution >= 0.6 is 0 Å². The number of hydrogen-bond donors (Lipinski definition) is 1. The Morgan fingerprint density at radius 2 is 1.84 bits per heavy atom. The topological polar surface area (TPSA) is 55.4 Å². The Balaban J connectivity index is 1.41. The molecule has 3 atom stereocenters. The van der Waals surface area contributed by atoms with Crippen LogP contribution in [0.5, 0.6) is 0 Å². The Morgan fingerprint density at radius 1 is 1.12 bits per heavy atom. The number of alkyl halides is 3. The number of amides is 1. The van der Waals surface area contributed by atoms with Crippen molar-refractivity contribution >= 4 is 17.6 Å². The van der Waals surface area contributed by atoms with Gasteiger partial charge < -0.3 is 10.1 Å². The lowest BCUT2D eigenvalue weighted by molar-refractivity contribution is -0.148. The summed E-state index contributed by atoms with van der Waals surface area (Å²) in [6.45, 7) is -0.430. The van der Waals surface area contributed by atoms with Crippen molar-refractivity contribution in [2.24, 2.45) is 17.8 Å². The third-order valence-corrected chi connectivity index (χ3v) is 5.17. The first-order chi connectivity index (χ1) is 11.8. The molecule has 136 valence electrons. The van der Waals surface area contributed by atoms with Gasteiger partial charge in [-0.2, -0.15) is 13.2 Å². The summed E-state index contributed by atoms with van der Waals surface area (Å²) in [6.07, 6.45) is 0.624. The van der Waals surface area contributed by atoms with Crippen LogP contribution in [-0.4, -0.2) is 18.5 Å². The van der Waals surface area contributed by atoms with Crippen molar-refractivity contribution < 1.29 is 27.5 Å². The van der Waals surface area contributed by atoms with E-state index in [1.54, 1.807) is 0 Å². The highest BCUT2D eigenvalue weighted by atomic mass is 19.4. The lowest BCUT2D eigenvalue weighted by atomic mass is 9.86. The van der Waals surface area contributed by atoms with Crippen molar-refractivity contribution in [3.63, 3.8) is 0 Å². The minimum Gasteiger partial charge on any atom is -0.456 e. The van der Waals surface area contributed by atoms with Crippen LogP contribution in [0.3, 0.4) is 0 Å². The summed E-state index contributed by atoms with van der Waals surface area (Å²) >= 11 is 0. The molecule has 0 aliphatic heterocycles. The van der Waals surface area contributed by atoms with Crippen LogP contribution in [-0.2, 0) is 20.5 Å². The minimum atomic E-state index is -4.42. The van der Waals surface area contributed by atoms with Crippen molar-refractivity contribution in [1.29, 1.82) is 0 Å². The van der Waals surface area contributed by atoms with Gasteiger partial charge in [-0.15, -0.1) is 0 Å². The zero-order valence-corrected chi connectivity index (χ0v) is 13.6. The first-order valence-electron chi connectivity index (χ1n) is 8.44. The highest BCUT2D eigenvalue weighted by molar-refractivity contribution is 5.92. The van der Waals surface area contributed by atoms with Gasteiger partial charge in [0.1, 0.15) is 0 Å². The fourth-order valence-corrected chi connectivity index (χ4v) is 3.99. The molecule has 2 saturated carbocycles. The fraction of sp³-hybridized carbons (Fsp3) is 0.556. The van der Waals surface area contributed by atoms with E-state index in [1.807, 2.05) is 0 Å². The number of rotatable bonds is 5. The van der Waals surface area contributed by atoms with Gasteiger partial charge in [0, 0.05) is 12.1 Å². The molecule has 0 unspecified atom stereocenters. The molecule has 2 bridgehead atoms. The third-order valence-electron chi connectivity index (χ3n) is 5.17. The number of nitrogens with one attached hydrogen (secondary N) is 1. The van der Waals surface area contributed by atoms with E-state index < -0.39 is 24.3 Å². The highest BCUT2D eigenvalue weighted by Crippen LogP contribution is 2.49. The average Bonchev–Trinajstić information content (AvgIpc) is 3.15. The van der Waals surface area contributed by atoms with Crippen LogP contribution in [0.4, 0.5) is 18.9 Å². The normalized spacial score (nSPS) is 25.0. The van der Waals surface area contributed by atoms with E-state index in [2.05, 4.69) is 5.32 Å². The van der Waals surface area contributed by atoms with Gasteiger partial charge in [0.15, 0.2) is 6.61 Å². The second-order valence-electron chi connectivity index (χ2n) is 6.92. The van der Waals surface area contributed by atoms with Crippen molar-refractivity contribution in [2.45, 2.75) is 38.3 Å². The molecule has 2 fully saturated rings.